The van der Waals surface area contributed by atoms with Crippen LogP contribution in [0.3, 0.4) is 0 Å². The van der Waals surface area contributed by atoms with Crippen LogP contribution in [0.1, 0.15) is 15.9 Å². The first-order chi connectivity index (χ1) is 11.0. The van der Waals surface area contributed by atoms with Gasteiger partial charge in [-0.25, -0.2) is 4.79 Å². The molecule has 0 aliphatic carbocycles. The van der Waals surface area contributed by atoms with Gasteiger partial charge < -0.3 is 20.1 Å². The van der Waals surface area contributed by atoms with Crippen molar-refractivity contribution < 1.29 is 14.6 Å². The summed E-state index contributed by atoms with van der Waals surface area (Å²) < 4.78 is 5.64. The predicted octanol–water partition coefficient (Wildman–Crippen LogP) is 3.38. The molecular formula is C18H22N2O3. The zero-order valence-electron chi connectivity index (χ0n) is 13.7. The lowest BCUT2D eigenvalue weighted by atomic mass is 10.1. The highest BCUT2D eigenvalue weighted by Crippen LogP contribution is 2.24. The summed E-state index contributed by atoms with van der Waals surface area (Å²) in [5.41, 5.74) is 2.56. The van der Waals surface area contributed by atoms with Crippen LogP contribution in [-0.2, 0) is 0 Å². The topological polar surface area (TPSA) is 61.8 Å². The molecule has 122 valence electrons. The van der Waals surface area contributed by atoms with E-state index in [1.165, 1.54) is 0 Å². The second kappa shape index (κ2) is 7.65. The quantitative estimate of drug-likeness (QED) is 0.820. The molecule has 0 aromatic heterocycles. The van der Waals surface area contributed by atoms with Gasteiger partial charge in [0.25, 0.3) is 0 Å². The maximum atomic E-state index is 11.3. The molecule has 0 spiro atoms. The summed E-state index contributed by atoms with van der Waals surface area (Å²) in [5, 5.41) is 12.4. The number of benzene rings is 2. The van der Waals surface area contributed by atoms with Crippen molar-refractivity contribution in [3.63, 3.8) is 0 Å². The number of aromatic carboxylic acids is 1. The Kier molecular flexibility index (Phi) is 5.60. The van der Waals surface area contributed by atoms with Crippen LogP contribution in [-0.4, -0.2) is 43.2 Å². The molecule has 5 nitrogen and oxygen atoms in total. The minimum Gasteiger partial charge on any atom is -0.492 e. The molecule has 23 heavy (non-hydrogen) atoms. The van der Waals surface area contributed by atoms with Crippen molar-refractivity contribution in [1.29, 1.82) is 0 Å². The number of hydrogen-bond acceptors (Lipinski definition) is 4. The van der Waals surface area contributed by atoms with Gasteiger partial charge in [-0.3, -0.25) is 0 Å². The van der Waals surface area contributed by atoms with E-state index in [1.807, 2.05) is 51.4 Å². The summed E-state index contributed by atoms with van der Waals surface area (Å²) >= 11 is 0. The Bertz CT molecular complexity index is 666. The van der Waals surface area contributed by atoms with E-state index >= 15 is 0 Å². The smallest absolute Gasteiger partial charge is 0.337 e. The molecule has 2 aromatic rings. The lowest BCUT2D eigenvalue weighted by molar-refractivity contribution is 0.0698. The van der Waals surface area contributed by atoms with Gasteiger partial charge in [0.05, 0.1) is 11.3 Å². The Morgan fingerprint density at radius 1 is 1.17 bits per heavy atom. The molecule has 0 atom stereocenters. The van der Waals surface area contributed by atoms with Crippen molar-refractivity contribution in [3.8, 4) is 5.75 Å². The first-order valence-corrected chi connectivity index (χ1v) is 7.44. The fourth-order valence-electron chi connectivity index (χ4n) is 2.08. The Balaban J connectivity index is 2.05. The van der Waals surface area contributed by atoms with Gasteiger partial charge in [0, 0.05) is 12.2 Å². The van der Waals surface area contributed by atoms with Crippen molar-refractivity contribution in [2.45, 2.75) is 6.92 Å². The number of nitrogens with zero attached hydrogens (tertiary/aromatic N) is 1. The maximum absolute atomic E-state index is 11.3. The number of anilines is 2. The van der Waals surface area contributed by atoms with Crippen LogP contribution in [0.4, 0.5) is 11.4 Å². The summed E-state index contributed by atoms with van der Waals surface area (Å²) in [6.07, 6.45) is 0. The fourth-order valence-corrected chi connectivity index (χ4v) is 2.08. The van der Waals surface area contributed by atoms with E-state index in [0.29, 0.717) is 12.3 Å². The lowest BCUT2D eigenvalue weighted by Crippen LogP contribution is -2.19. The van der Waals surface area contributed by atoms with Crippen LogP contribution in [0, 0.1) is 6.92 Å². The third kappa shape index (κ3) is 5.00. The summed E-state index contributed by atoms with van der Waals surface area (Å²) in [6.45, 7) is 3.35. The molecule has 0 saturated carbocycles. The largest absolute Gasteiger partial charge is 0.492 e. The monoisotopic (exact) mass is 314 g/mol. The standard InChI is InChI=1S/C18H22N2O3/c1-13-4-9-17(16(12-13)18(21)22)19-14-5-7-15(8-6-14)23-11-10-20(2)3/h4-9,12,19H,10-11H2,1-3H3,(H,21,22). The molecule has 2 N–H and O–H groups in total. The third-order valence-corrected chi connectivity index (χ3v) is 3.35. The average Bonchev–Trinajstić information content (AvgIpc) is 2.50. The van der Waals surface area contributed by atoms with Crippen molar-refractivity contribution in [2.24, 2.45) is 0 Å². The molecule has 2 aromatic carbocycles. The van der Waals surface area contributed by atoms with Gasteiger partial charge in [0.1, 0.15) is 12.4 Å². The van der Waals surface area contributed by atoms with Gasteiger partial charge in [0.15, 0.2) is 0 Å². The molecule has 0 unspecified atom stereocenters. The van der Waals surface area contributed by atoms with Crippen LogP contribution in [0.15, 0.2) is 42.5 Å². The van der Waals surface area contributed by atoms with E-state index in [2.05, 4.69) is 10.2 Å². The van der Waals surface area contributed by atoms with Gasteiger partial charge in [-0.05, 0) is 57.4 Å². The van der Waals surface area contributed by atoms with Crippen LogP contribution in [0.25, 0.3) is 0 Å². The summed E-state index contributed by atoms with van der Waals surface area (Å²) in [7, 11) is 4.00. The van der Waals surface area contributed by atoms with Crippen LogP contribution in [0.5, 0.6) is 5.75 Å². The SMILES string of the molecule is Cc1ccc(Nc2ccc(OCCN(C)C)cc2)c(C(=O)O)c1. The van der Waals surface area contributed by atoms with Crippen LogP contribution >= 0.6 is 0 Å². The molecule has 5 heteroatoms. The summed E-state index contributed by atoms with van der Waals surface area (Å²) in [6, 6.07) is 12.8. The number of carbonyl (C=O) groups is 1. The Morgan fingerprint density at radius 3 is 2.48 bits per heavy atom. The van der Waals surface area contributed by atoms with Crippen LogP contribution < -0.4 is 10.1 Å². The number of aryl methyl sites for hydroxylation is 1. The zero-order valence-corrected chi connectivity index (χ0v) is 13.7. The van der Waals surface area contributed by atoms with Crippen molar-refractivity contribution in [1.82, 2.24) is 4.90 Å². The molecular weight excluding hydrogens is 292 g/mol. The molecule has 0 bridgehead atoms. The summed E-state index contributed by atoms with van der Waals surface area (Å²) in [4.78, 5) is 13.4. The minimum absolute atomic E-state index is 0.260. The van der Waals surface area contributed by atoms with E-state index in [4.69, 9.17) is 4.74 Å². The lowest BCUT2D eigenvalue weighted by Gasteiger charge is -2.13. The van der Waals surface area contributed by atoms with Crippen molar-refractivity contribution in [3.05, 3.63) is 53.6 Å². The van der Waals surface area contributed by atoms with Gasteiger partial charge in [-0.15, -0.1) is 0 Å². The van der Waals surface area contributed by atoms with Gasteiger partial charge in [-0.1, -0.05) is 11.6 Å². The van der Waals surface area contributed by atoms with Crippen LogP contribution in [0.2, 0.25) is 0 Å². The molecule has 0 fully saturated rings. The minimum atomic E-state index is -0.945. The van der Waals surface area contributed by atoms with E-state index in [0.717, 1.165) is 23.5 Å². The normalized spacial score (nSPS) is 10.6. The highest BCUT2D eigenvalue weighted by atomic mass is 16.5. The van der Waals surface area contributed by atoms with Crippen molar-refractivity contribution >= 4 is 17.3 Å². The van der Waals surface area contributed by atoms with Gasteiger partial charge in [0.2, 0.25) is 0 Å². The van der Waals surface area contributed by atoms with E-state index in [9.17, 15) is 9.90 Å². The molecule has 0 aliphatic heterocycles. The fraction of sp³-hybridized carbons (Fsp3) is 0.278. The molecule has 2 rings (SSSR count). The molecule has 0 heterocycles. The molecule has 0 saturated heterocycles. The Labute approximate surface area is 136 Å². The van der Waals surface area contributed by atoms with E-state index < -0.39 is 5.97 Å². The first-order valence-electron chi connectivity index (χ1n) is 7.44. The number of hydrogen-bond donors (Lipinski definition) is 2. The number of nitrogens with one attached hydrogen (secondary N) is 1. The highest BCUT2D eigenvalue weighted by Gasteiger charge is 2.10. The van der Waals surface area contributed by atoms with E-state index in [1.54, 1.807) is 12.1 Å². The first kappa shape index (κ1) is 16.8. The van der Waals surface area contributed by atoms with Gasteiger partial charge in [-0.2, -0.15) is 0 Å². The Morgan fingerprint density at radius 2 is 1.87 bits per heavy atom. The number of likely N-dealkylation sites (N-methyl/N-ethyl adjacent to an activating group) is 1. The third-order valence-electron chi connectivity index (χ3n) is 3.35. The molecule has 0 aliphatic rings. The maximum Gasteiger partial charge on any atom is 0.337 e. The number of rotatable bonds is 7. The number of ether oxygens (including phenoxy) is 1. The summed E-state index contributed by atoms with van der Waals surface area (Å²) in [5.74, 6) is -0.153. The molecule has 0 amide bonds. The van der Waals surface area contributed by atoms with E-state index in [-0.39, 0.29) is 5.56 Å². The second-order valence-corrected chi connectivity index (χ2v) is 5.66. The second-order valence-electron chi connectivity index (χ2n) is 5.66. The predicted molar refractivity (Wildman–Crippen MR) is 91.9 cm³/mol. The average molecular weight is 314 g/mol. The highest BCUT2D eigenvalue weighted by molar-refractivity contribution is 5.95. The number of carboxylic acids is 1. The molecule has 0 radical (unpaired) electrons. The van der Waals surface area contributed by atoms with Gasteiger partial charge >= 0.3 is 5.97 Å². The van der Waals surface area contributed by atoms with Crippen molar-refractivity contribution in [2.75, 3.05) is 32.6 Å². The zero-order chi connectivity index (χ0) is 16.8. The number of carboxylic acid groups (broad SMARTS) is 1. The Hall–Kier alpha value is -2.53.